The zero-order chi connectivity index (χ0) is 38.1. The maximum absolute atomic E-state index is 14.3. The van der Waals surface area contributed by atoms with Crippen LogP contribution in [0.3, 0.4) is 0 Å². The molecule has 0 saturated heterocycles. The van der Waals surface area contributed by atoms with Crippen molar-refractivity contribution in [2.75, 3.05) is 16.4 Å². The number of hydrogen-bond acceptors (Lipinski definition) is 7. The molecule has 0 radical (unpaired) electrons. The van der Waals surface area contributed by atoms with Crippen molar-refractivity contribution >= 4 is 44.8 Å². The fourth-order valence-electron chi connectivity index (χ4n) is 7.36. The number of fused-ring (bicyclic) bond motifs is 3. The first-order chi connectivity index (χ1) is 26.8. The fraction of sp³-hybridized carbons (Fsp3) is 0.182. The van der Waals surface area contributed by atoms with E-state index in [1.54, 1.807) is 26.6 Å². The Labute approximate surface area is 327 Å². The van der Waals surface area contributed by atoms with E-state index >= 15 is 0 Å². The van der Waals surface area contributed by atoms with E-state index in [4.69, 9.17) is 4.74 Å². The van der Waals surface area contributed by atoms with Crippen LogP contribution >= 0.6 is 15.9 Å². The molecule has 2 amide bonds. The summed E-state index contributed by atoms with van der Waals surface area (Å²) in [6.07, 6.45) is 6.25. The van der Waals surface area contributed by atoms with Crippen LogP contribution in [0, 0.1) is 5.92 Å². The Balaban J connectivity index is 0.986. The van der Waals surface area contributed by atoms with Crippen molar-refractivity contribution < 1.29 is 24.5 Å². The second kappa shape index (κ2) is 15.1. The minimum Gasteiger partial charge on any atom is -0.454 e. The number of allylic oxidation sites excluding steroid dienone is 1. The number of anilines is 3. The summed E-state index contributed by atoms with van der Waals surface area (Å²) in [5.74, 6) is -0.373. The summed E-state index contributed by atoms with van der Waals surface area (Å²) in [5, 5.41) is 30.8. The number of halogens is 1. The lowest BCUT2D eigenvalue weighted by atomic mass is 9.83. The Hall–Kier alpha value is -5.88. The van der Waals surface area contributed by atoms with Crippen molar-refractivity contribution in [3.63, 3.8) is 0 Å². The van der Waals surface area contributed by atoms with Gasteiger partial charge in [0.2, 0.25) is 0 Å². The molecule has 11 heteroatoms. The Morgan fingerprint density at radius 3 is 2.38 bits per heavy atom. The van der Waals surface area contributed by atoms with Gasteiger partial charge in [0.1, 0.15) is 5.75 Å². The quantitative estimate of drug-likeness (QED) is 0.127. The van der Waals surface area contributed by atoms with Crippen molar-refractivity contribution in [3.8, 4) is 11.5 Å². The van der Waals surface area contributed by atoms with Crippen molar-refractivity contribution in [1.29, 1.82) is 0 Å². The van der Waals surface area contributed by atoms with Gasteiger partial charge in [-0.1, -0.05) is 107 Å². The van der Waals surface area contributed by atoms with Crippen molar-refractivity contribution in [2.24, 2.45) is 5.92 Å². The van der Waals surface area contributed by atoms with E-state index < -0.39 is 17.4 Å². The number of hydrogen-bond donors (Lipinski definition) is 2. The number of aliphatic hydroxyl groups is 2. The van der Waals surface area contributed by atoms with Crippen LogP contribution in [0.25, 0.3) is 0 Å². The summed E-state index contributed by atoms with van der Waals surface area (Å²) in [4.78, 5) is 31.4. The van der Waals surface area contributed by atoms with E-state index in [0.29, 0.717) is 58.3 Å². The first-order valence-corrected chi connectivity index (χ1v) is 18.9. The molecule has 0 fully saturated rings. The van der Waals surface area contributed by atoms with Gasteiger partial charge < -0.3 is 19.8 Å². The number of nitrogens with zero attached hydrogens (tertiary/aromatic N) is 5. The highest BCUT2D eigenvalue weighted by molar-refractivity contribution is 9.10. The Morgan fingerprint density at radius 2 is 1.60 bits per heavy atom. The van der Waals surface area contributed by atoms with Gasteiger partial charge in [0, 0.05) is 34.4 Å². The van der Waals surface area contributed by atoms with Crippen molar-refractivity contribution in [2.45, 2.75) is 38.0 Å². The molecule has 0 bridgehead atoms. The Bertz CT molecular complexity index is 2400. The molecule has 6 aromatic rings. The number of benzene rings is 5. The summed E-state index contributed by atoms with van der Waals surface area (Å²) < 4.78 is 8.65. The highest BCUT2D eigenvalue weighted by Crippen LogP contribution is 2.47. The van der Waals surface area contributed by atoms with E-state index in [1.807, 2.05) is 134 Å². The van der Waals surface area contributed by atoms with E-state index in [2.05, 4.69) is 26.2 Å². The zero-order valence-electron chi connectivity index (χ0n) is 30.0. The lowest BCUT2D eigenvalue weighted by molar-refractivity contribution is -0.139. The number of aromatic nitrogens is 3. The molecule has 10 nitrogen and oxygen atoms in total. The molecule has 1 unspecified atom stereocenters. The summed E-state index contributed by atoms with van der Waals surface area (Å²) in [5.41, 5.74) is 3.59. The summed E-state index contributed by atoms with van der Waals surface area (Å²) >= 11 is 3.54. The molecule has 8 rings (SSSR count). The second-order valence-corrected chi connectivity index (χ2v) is 14.7. The van der Waals surface area contributed by atoms with Gasteiger partial charge in [0.15, 0.2) is 11.4 Å². The fourth-order valence-corrected chi connectivity index (χ4v) is 7.72. The Kier molecular flexibility index (Phi) is 9.91. The number of carbonyl (C=O) groups excluding carboxylic acids is 2. The Morgan fingerprint density at radius 1 is 0.873 bits per heavy atom. The average molecular weight is 797 g/mol. The van der Waals surface area contributed by atoms with Crippen molar-refractivity contribution in [1.82, 2.24) is 15.0 Å². The lowest BCUT2D eigenvalue weighted by Gasteiger charge is -2.28. The molecular formula is C44H38BrN5O5. The lowest BCUT2D eigenvalue weighted by Crippen LogP contribution is -2.44. The van der Waals surface area contributed by atoms with Crippen LogP contribution in [0.4, 0.5) is 17.1 Å². The monoisotopic (exact) mass is 795 g/mol. The van der Waals surface area contributed by atoms with Crippen LogP contribution in [0.1, 0.15) is 52.0 Å². The summed E-state index contributed by atoms with van der Waals surface area (Å²) in [6.45, 7) is 2.52. The molecule has 3 atom stereocenters. The smallest absolute Gasteiger partial charge is 0.266 e. The van der Waals surface area contributed by atoms with Crippen LogP contribution in [-0.4, -0.2) is 43.6 Å². The van der Waals surface area contributed by atoms with Crippen LogP contribution < -0.4 is 14.5 Å². The minimum absolute atomic E-state index is 0.0768. The number of rotatable bonds is 11. The molecule has 0 spiro atoms. The average Bonchev–Trinajstić information content (AvgIpc) is 3.71. The standard InChI is InChI=1S/C44H38BrN5O5/c1-29(11-9-10-24-48-27-37(46-47-48)35(28-51)31-12-3-2-4-13-31)44(54)36-25-32(45)20-23-38(36)49(43(44)53)26-30-18-21-33(22-19-30)50-39-15-6-8-17-41(39)55-40-16-7-5-14-34(40)42(50)52/h2-9,11-23,25,27,29,35,51,54H,10,24,26,28H2,1H3/b11-9+/t29-,35?,44+/m1/s1. The van der Waals surface area contributed by atoms with Gasteiger partial charge in [-0.2, -0.15) is 0 Å². The molecule has 276 valence electrons. The number of ether oxygens (including phenoxy) is 1. The highest BCUT2D eigenvalue weighted by Gasteiger charge is 2.52. The number of amides is 2. The molecule has 2 aliphatic rings. The van der Waals surface area contributed by atoms with Crippen molar-refractivity contribution in [3.05, 3.63) is 172 Å². The maximum Gasteiger partial charge on any atom is 0.266 e. The van der Waals surface area contributed by atoms with Gasteiger partial charge in [-0.15, -0.1) is 5.10 Å². The number of carbonyl (C=O) groups is 2. The predicted octanol–water partition coefficient (Wildman–Crippen LogP) is 8.27. The molecule has 0 aliphatic carbocycles. The van der Waals surface area contributed by atoms with E-state index in [-0.39, 0.29) is 25.0 Å². The maximum atomic E-state index is 14.3. The molecule has 55 heavy (non-hydrogen) atoms. The van der Waals surface area contributed by atoms with E-state index in [1.165, 1.54) is 0 Å². The van der Waals surface area contributed by atoms with Crippen LogP contribution in [0.2, 0.25) is 0 Å². The molecule has 2 N–H and O–H groups in total. The topological polar surface area (TPSA) is 121 Å². The molecule has 3 heterocycles. The molecule has 1 aromatic heterocycles. The van der Waals surface area contributed by atoms with Gasteiger partial charge in [0.05, 0.1) is 41.7 Å². The third kappa shape index (κ3) is 6.75. The van der Waals surface area contributed by atoms with Gasteiger partial charge >= 0.3 is 0 Å². The SMILES string of the molecule is C[C@H](/C=C/CCn1cc(C(CO)c2ccccc2)nn1)[C@@]1(O)C(=O)N(Cc2ccc(N3C(=O)c4ccccc4Oc4ccccc43)cc2)c2ccc(Br)cc21. The molecule has 5 aromatic carbocycles. The van der Waals surface area contributed by atoms with E-state index in [0.717, 1.165) is 15.6 Å². The molecule has 0 saturated carbocycles. The third-order valence-electron chi connectivity index (χ3n) is 10.3. The van der Waals surface area contributed by atoms with Gasteiger partial charge in [-0.3, -0.25) is 19.2 Å². The number of aliphatic hydroxyl groups excluding tert-OH is 1. The number of aryl methyl sites for hydroxylation is 1. The molecular weight excluding hydrogens is 758 g/mol. The van der Waals surface area contributed by atoms with Crippen LogP contribution in [0.15, 0.2) is 144 Å². The second-order valence-electron chi connectivity index (χ2n) is 13.7. The first kappa shape index (κ1) is 36.1. The summed E-state index contributed by atoms with van der Waals surface area (Å²) in [6, 6.07) is 37.4. The predicted molar refractivity (Wildman–Crippen MR) is 213 cm³/mol. The minimum atomic E-state index is -1.80. The zero-order valence-corrected chi connectivity index (χ0v) is 31.6. The number of para-hydroxylation sites is 3. The summed E-state index contributed by atoms with van der Waals surface area (Å²) in [7, 11) is 0. The van der Waals surface area contributed by atoms with Crippen LogP contribution in [-0.2, 0) is 23.5 Å². The van der Waals surface area contributed by atoms with Gasteiger partial charge in [-0.05, 0) is 72.1 Å². The third-order valence-corrected chi connectivity index (χ3v) is 10.8. The normalized spacial score (nSPS) is 17.4. The molecule has 2 aliphatic heterocycles. The van der Waals surface area contributed by atoms with Crippen LogP contribution in [0.5, 0.6) is 11.5 Å². The van der Waals surface area contributed by atoms with Gasteiger partial charge in [-0.25, -0.2) is 0 Å². The van der Waals surface area contributed by atoms with Gasteiger partial charge in [0.25, 0.3) is 11.8 Å². The first-order valence-electron chi connectivity index (χ1n) is 18.1. The van der Waals surface area contributed by atoms with E-state index in [9.17, 15) is 19.8 Å². The largest absolute Gasteiger partial charge is 0.454 e. The highest BCUT2D eigenvalue weighted by atomic mass is 79.9.